The van der Waals surface area contributed by atoms with Gasteiger partial charge in [-0.1, -0.05) is 12.7 Å². The summed E-state index contributed by atoms with van der Waals surface area (Å²) in [6, 6.07) is 0. The minimum absolute atomic E-state index is 0.108. The van der Waals surface area contributed by atoms with Gasteiger partial charge in [0.25, 0.3) is 0 Å². The number of hydrogen-bond donors (Lipinski definition) is 0. The van der Waals surface area contributed by atoms with Crippen molar-refractivity contribution in [3.63, 3.8) is 0 Å². The third-order valence-electron chi connectivity index (χ3n) is 3.94. The molecule has 6 nitrogen and oxygen atoms in total. The Kier molecular flexibility index (Phi) is 5.59. The third kappa shape index (κ3) is 4.91. The molecule has 0 aliphatic carbocycles. The van der Waals surface area contributed by atoms with Crippen LogP contribution in [0.3, 0.4) is 0 Å². The Morgan fingerprint density at radius 2 is 2.09 bits per heavy atom. The van der Waals surface area contributed by atoms with Crippen LogP contribution in [0.15, 0.2) is 29.3 Å². The zero-order valence-corrected chi connectivity index (χ0v) is 14.3. The van der Waals surface area contributed by atoms with Crippen molar-refractivity contribution in [2.24, 2.45) is 4.99 Å². The summed E-state index contributed by atoms with van der Waals surface area (Å²) in [6.45, 7) is 12.2. The molecule has 6 heteroatoms. The third-order valence-corrected chi connectivity index (χ3v) is 3.94. The fraction of sp³-hybridized carbons (Fsp3) is 0.647. The van der Waals surface area contributed by atoms with E-state index in [4.69, 9.17) is 9.84 Å². The molecular weight excluding hydrogens is 294 g/mol. The number of nitrogens with zero attached hydrogens (tertiary/aromatic N) is 3. The van der Waals surface area contributed by atoms with Gasteiger partial charge in [0.1, 0.15) is 11.8 Å². The van der Waals surface area contributed by atoms with Gasteiger partial charge in [-0.2, -0.15) is 0 Å². The van der Waals surface area contributed by atoms with E-state index in [9.17, 15) is 4.79 Å². The van der Waals surface area contributed by atoms with Crippen molar-refractivity contribution in [2.45, 2.75) is 45.1 Å². The molecule has 0 radical (unpaired) electrons. The molecule has 2 rings (SSSR count). The fourth-order valence-corrected chi connectivity index (χ4v) is 2.64. The molecule has 2 aliphatic rings. The summed E-state index contributed by atoms with van der Waals surface area (Å²) in [7, 11) is 0. The Morgan fingerprint density at radius 1 is 1.43 bits per heavy atom. The van der Waals surface area contributed by atoms with Crippen LogP contribution in [0.25, 0.3) is 0 Å². The van der Waals surface area contributed by atoms with Gasteiger partial charge in [-0.05, 0) is 26.8 Å². The lowest BCUT2D eigenvalue weighted by atomic mass is 10.1. The van der Waals surface area contributed by atoms with Gasteiger partial charge >= 0.3 is 6.09 Å². The lowest BCUT2D eigenvalue weighted by Crippen LogP contribution is -2.52. The van der Waals surface area contributed by atoms with Gasteiger partial charge in [-0.25, -0.2) is 4.79 Å². The summed E-state index contributed by atoms with van der Waals surface area (Å²) < 4.78 is 5.41. The summed E-state index contributed by atoms with van der Waals surface area (Å²) in [5, 5.41) is 7.82. The predicted molar refractivity (Wildman–Crippen MR) is 92.0 cm³/mol. The van der Waals surface area contributed by atoms with Crippen LogP contribution in [0.4, 0.5) is 4.79 Å². The van der Waals surface area contributed by atoms with E-state index in [0.717, 1.165) is 25.1 Å². The highest BCUT2D eigenvalue weighted by Crippen LogP contribution is 2.18. The molecule has 1 amide bonds. The molecule has 0 aromatic rings. The Labute approximate surface area is 138 Å². The van der Waals surface area contributed by atoms with Gasteiger partial charge in [0.15, 0.2) is 6.10 Å². The molecule has 0 bridgehead atoms. The Hall–Kier alpha value is -1.66. The Balaban J connectivity index is 1.82. The Morgan fingerprint density at radius 3 is 2.57 bits per heavy atom. The van der Waals surface area contributed by atoms with Gasteiger partial charge in [-0.15, -0.1) is 0 Å². The number of hydrogen-bond acceptors (Lipinski definition) is 4. The normalized spacial score (nSPS) is 24.1. The van der Waals surface area contributed by atoms with Crippen molar-refractivity contribution >= 4 is 12.3 Å². The predicted octanol–water partition coefficient (Wildman–Crippen LogP) is 1.55. The molecule has 128 valence electrons. The van der Waals surface area contributed by atoms with E-state index in [1.54, 1.807) is 17.2 Å². The number of rotatable bonds is 3. The molecule has 1 unspecified atom stereocenters. The highest BCUT2D eigenvalue weighted by atomic mass is 16.6. The molecule has 0 spiro atoms. The number of piperazine rings is 1. The lowest BCUT2D eigenvalue weighted by Gasteiger charge is -2.38. The van der Waals surface area contributed by atoms with Crippen molar-refractivity contribution in [3.05, 3.63) is 24.3 Å². The van der Waals surface area contributed by atoms with Crippen molar-refractivity contribution in [1.29, 1.82) is 0 Å². The minimum Gasteiger partial charge on any atom is -0.444 e. The van der Waals surface area contributed by atoms with Crippen LogP contribution < -0.4 is 0 Å². The highest BCUT2D eigenvalue weighted by Gasteiger charge is 2.29. The van der Waals surface area contributed by atoms with Crippen LogP contribution >= 0.6 is 0 Å². The lowest BCUT2D eigenvalue weighted by molar-refractivity contribution is 0.0107. The van der Waals surface area contributed by atoms with Crippen LogP contribution in [0.1, 0.15) is 27.2 Å². The largest absolute Gasteiger partial charge is 0.444 e. The molecule has 1 fully saturated rings. The molecule has 2 atom stereocenters. The summed E-state index contributed by atoms with van der Waals surface area (Å²) in [5.74, 6) is 0. The number of aliphatic imine (C=N–C) groups is 1. The van der Waals surface area contributed by atoms with Crippen LogP contribution in [-0.2, 0) is 4.74 Å². The average Bonchev–Trinajstić information content (AvgIpc) is 2.53. The van der Waals surface area contributed by atoms with E-state index in [1.165, 1.54) is 0 Å². The van der Waals surface area contributed by atoms with Crippen molar-refractivity contribution in [1.82, 2.24) is 9.80 Å². The molecule has 1 saturated heterocycles. The topological polar surface area (TPSA) is 68.0 Å². The maximum atomic E-state index is 12.1. The quantitative estimate of drug-likeness (QED) is 0.585. The first-order chi connectivity index (χ1) is 10.8. The van der Waals surface area contributed by atoms with Gasteiger partial charge in [0, 0.05) is 44.4 Å². The average molecular weight is 322 g/mol. The summed E-state index contributed by atoms with van der Waals surface area (Å²) in [5.41, 5.74) is 0.449. The number of amides is 1. The molecule has 2 heterocycles. The number of carbonyl (C=O) groups is 1. The van der Waals surface area contributed by atoms with Crippen LogP contribution in [-0.4, -0.2) is 71.3 Å². The van der Waals surface area contributed by atoms with Crippen LogP contribution in [0, 0.1) is 0 Å². The van der Waals surface area contributed by atoms with Gasteiger partial charge in [0.2, 0.25) is 0 Å². The van der Waals surface area contributed by atoms with Gasteiger partial charge in [0.05, 0.1) is 0 Å². The van der Waals surface area contributed by atoms with E-state index < -0.39 is 11.7 Å². The van der Waals surface area contributed by atoms with E-state index in [1.807, 2.05) is 20.8 Å². The smallest absolute Gasteiger partial charge is 0.410 e. The number of dihydropyridines is 1. The maximum absolute atomic E-state index is 12.1. The standard InChI is InChI=1S/C17H27N3O3/c1-5-14(21)13-6-7-15(18-12-13)19-8-10-20(11-9-19)16(22)23-17(2,3)4/h5-6,12,14-15,21H,1,7-11H2,2-4H3/p+1/t14-,15?/m0/s1. The second-order valence-electron chi connectivity index (χ2n) is 6.92. The monoisotopic (exact) mass is 322 g/mol. The minimum atomic E-state index is -0.457. The molecule has 0 aromatic carbocycles. The zero-order valence-electron chi connectivity index (χ0n) is 14.3. The summed E-state index contributed by atoms with van der Waals surface area (Å²) >= 11 is 0. The molecule has 2 N–H and O–H groups in total. The first kappa shape index (κ1) is 17.7. The van der Waals surface area contributed by atoms with Crippen molar-refractivity contribution in [2.75, 3.05) is 26.2 Å². The van der Waals surface area contributed by atoms with Crippen molar-refractivity contribution < 1.29 is 14.6 Å². The van der Waals surface area contributed by atoms with E-state index in [-0.39, 0.29) is 12.3 Å². The highest BCUT2D eigenvalue weighted by molar-refractivity contribution is 5.81. The summed E-state index contributed by atoms with van der Waals surface area (Å²) in [4.78, 5) is 20.7. The zero-order chi connectivity index (χ0) is 17.0. The van der Waals surface area contributed by atoms with E-state index in [2.05, 4.69) is 22.5 Å². The molecule has 0 saturated carbocycles. The number of ether oxygens (including phenoxy) is 1. The SMILES string of the molecule is C=C[C@H]([OH2+])C1=CCC(N2CCN(C(=O)OC(C)(C)C)CC2)N=C1. The second kappa shape index (κ2) is 7.27. The Bertz CT molecular complexity index is 500. The van der Waals surface area contributed by atoms with E-state index in [0.29, 0.717) is 13.1 Å². The first-order valence-corrected chi connectivity index (χ1v) is 8.09. The second-order valence-corrected chi connectivity index (χ2v) is 6.92. The molecular formula is C17H28N3O3+. The molecule has 23 heavy (non-hydrogen) atoms. The maximum Gasteiger partial charge on any atom is 0.410 e. The van der Waals surface area contributed by atoms with Gasteiger partial charge < -0.3 is 14.7 Å². The van der Waals surface area contributed by atoms with E-state index >= 15 is 0 Å². The number of carbonyl (C=O) groups excluding carboxylic acids is 1. The summed E-state index contributed by atoms with van der Waals surface area (Å²) in [6.07, 6.45) is 5.74. The molecule has 2 aliphatic heterocycles. The van der Waals surface area contributed by atoms with Crippen LogP contribution in [0.2, 0.25) is 0 Å². The molecule has 0 aromatic heterocycles. The first-order valence-electron chi connectivity index (χ1n) is 8.09. The van der Waals surface area contributed by atoms with Gasteiger partial charge in [-0.3, -0.25) is 9.89 Å². The van der Waals surface area contributed by atoms with Crippen molar-refractivity contribution in [3.8, 4) is 0 Å². The fourth-order valence-electron chi connectivity index (χ4n) is 2.64. The van der Waals surface area contributed by atoms with Crippen LogP contribution in [0.5, 0.6) is 0 Å².